The summed E-state index contributed by atoms with van der Waals surface area (Å²) in [5.41, 5.74) is 0.918. The fourth-order valence-electron chi connectivity index (χ4n) is 3.05. The Morgan fingerprint density at radius 3 is 3.08 bits per heavy atom. The Morgan fingerprint density at radius 1 is 1.38 bits per heavy atom. The van der Waals surface area contributed by atoms with E-state index in [1.807, 2.05) is 24.3 Å². The van der Waals surface area contributed by atoms with Gasteiger partial charge in [-0.05, 0) is 13.0 Å². The molecule has 2 N–H and O–H groups in total. The number of carbonyl (C=O) groups is 1. The standard InChI is InChI=1S/C17H15N3O4/c1-9-13(14-15(21)18-8-19-17(14)24-9)16(22)20-11-6-7-23-12-5-3-2-4-10(11)12/h2-5,8,11H,6-7H2,1H3,(H,20,22)(H,18,19,21)/t11-/m0/s1. The highest BCUT2D eigenvalue weighted by molar-refractivity contribution is 6.06. The average molecular weight is 325 g/mol. The molecule has 0 unspecified atom stereocenters. The Labute approximate surface area is 136 Å². The number of para-hydroxylation sites is 1. The molecule has 1 amide bonds. The number of aryl methyl sites for hydroxylation is 1. The molecular formula is C17H15N3O4. The minimum Gasteiger partial charge on any atom is -0.493 e. The average Bonchev–Trinajstić information content (AvgIpc) is 2.92. The summed E-state index contributed by atoms with van der Waals surface area (Å²) in [6, 6.07) is 7.42. The molecule has 1 aliphatic heterocycles. The fourth-order valence-corrected chi connectivity index (χ4v) is 3.05. The van der Waals surface area contributed by atoms with E-state index in [2.05, 4.69) is 15.3 Å². The molecule has 1 aliphatic rings. The first-order valence-corrected chi connectivity index (χ1v) is 7.64. The number of nitrogens with zero attached hydrogens (tertiary/aromatic N) is 1. The first-order chi connectivity index (χ1) is 11.6. The van der Waals surface area contributed by atoms with E-state index in [9.17, 15) is 9.59 Å². The molecular weight excluding hydrogens is 310 g/mol. The normalized spacial score (nSPS) is 16.5. The van der Waals surface area contributed by atoms with Gasteiger partial charge >= 0.3 is 0 Å². The van der Waals surface area contributed by atoms with Crippen molar-refractivity contribution in [1.82, 2.24) is 15.3 Å². The van der Waals surface area contributed by atoms with Crippen LogP contribution in [0.3, 0.4) is 0 Å². The fraction of sp³-hybridized carbons (Fsp3) is 0.235. The molecule has 0 bridgehead atoms. The summed E-state index contributed by atoms with van der Waals surface area (Å²) in [7, 11) is 0. The number of carbonyl (C=O) groups excluding carboxylic acids is 1. The molecule has 0 spiro atoms. The van der Waals surface area contributed by atoms with E-state index < -0.39 is 5.56 Å². The highest BCUT2D eigenvalue weighted by atomic mass is 16.5. The molecule has 7 nitrogen and oxygen atoms in total. The van der Waals surface area contributed by atoms with Gasteiger partial charge in [0.05, 0.1) is 24.5 Å². The minimum atomic E-state index is -0.394. The highest BCUT2D eigenvalue weighted by Crippen LogP contribution is 2.32. The van der Waals surface area contributed by atoms with Crippen molar-refractivity contribution in [3.05, 3.63) is 57.8 Å². The predicted octanol–water partition coefficient (Wildman–Crippen LogP) is 2.08. The lowest BCUT2D eigenvalue weighted by molar-refractivity contribution is 0.0924. The summed E-state index contributed by atoms with van der Waals surface area (Å²) in [4.78, 5) is 31.3. The summed E-state index contributed by atoms with van der Waals surface area (Å²) in [6.45, 7) is 2.17. The molecule has 1 aromatic carbocycles. The number of hydrogen-bond donors (Lipinski definition) is 2. The lowest BCUT2D eigenvalue weighted by atomic mass is 10.00. The maximum absolute atomic E-state index is 12.8. The Hall–Kier alpha value is -3.09. The van der Waals surface area contributed by atoms with Crippen molar-refractivity contribution in [1.29, 1.82) is 0 Å². The zero-order valence-corrected chi connectivity index (χ0v) is 13.0. The Kier molecular flexibility index (Phi) is 3.34. The van der Waals surface area contributed by atoms with Gasteiger partial charge < -0.3 is 19.5 Å². The van der Waals surface area contributed by atoms with Crippen LogP contribution in [0.2, 0.25) is 0 Å². The van der Waals surface area contributed by atoms with E-state index in [0.29, 0.717) is 18.8 Å². The van der Waals surface area contributed by atoms with Crippen LogP contribution >= 0.6 is 0 Å². The first kappa shape index (κ1) is 14.5. The van der Waals surface area contributed by atoms with Crippen LogP contribution in [0.5, 0.6) is 5.75 Å². The molecule has 0 saturated carbocycles. The van der Waals surface area contributed by atoms with Gasteiger partial charge in [0.1, 0.15) is 16.9 Å². The van der Waals surface area contributed by atoms with Gasteiger partial charge in [0.25, 0.3) is 11.5 Å². The number of furan rings is 1. The zero-order chi connectivity index (χ0) is 16.7. The third kappa shape index (κ3) is 2.25. The van der Waals surface area contributed by atoms with Crippen molar-refractivity contribution in [2.24, 2.45) is 0 Å². The van der Waals surface area contributed by atoms with Gasteiger partial charge in [-0.1, -0.05) is 18.2 Å². The Bertz CT molecular complexity index is 989. The summed E-state index contributed by atoms with van der Waals surface area (Å²) in [6.07, 6.45) is 1.91. The monoisotopic (exact) mass is 325 g/mol. The second-order valence-electron chi connectivity index (χ2n) is 5.65. The number of ether oxygens (including phenoxy) is 1. The quantitative estimate of drug-likeness (QED) is 0.752. The largest absolute Gasteiger partial charge is 0.493 e. The van der Waals surface area contributed by atoms with Crippen LogP contribution < -0.4 is 15.6 Å². The number of amides is 1. The predicted molar refractivity (Wildman–Crippen MR) is 86.1 cm³/mol. The van der Waals surface area contributed by atoms with E-state index in [-0.39, 0.29) is 28.6 Å². The molecule has 4 rings (SSSR count). The molecule has 122 valence electrons. The molecule has 0 fully saturated rings. The van der Waals surface area contributed by atoms with Crippen molar-refractivity contribution < 1.29 is 13.9 Å². The van der Waals surface area contributed by atoms with Crippen LogP contribution in [0.25, 0.3) is 11.1 Å². The minimum absolute atomic E-state index is 0.161. The van der Waals surface area contributed by atoms with Crippen molar-refractivity contribution >= 4 is 17.0 Å². The van der Waals surface area contributed by atoms with E-state index in [4.69, 9.17) is 9.15 Å². The number of aromatic nitrogens is 2. The Balaban J connectivity index is 1.72. The van der Waals surface area contributed by atoms with Gasteiger partial charge in [-0.15, -0.1) is 0 Å². The zero-order valence-electron chi connectivity index (χ0n) is 13.0. The smallest absolute Gasteiger partial charge is 0.262 e. The topological polar surface area (TPSA) is 97.2 Å². The number of rotatable bonds is 2. The first-order valence-electron chi connectivity index (χ1n) is 7.64. The van der Waals surface area contributed by atoms with Gasteiger partial charge in [-0.2, -0.15) is 0 Å². The van der Waals surface area contributed by atoms with E-state index in [1.165, 1.54) is 6.33 Å². The van der Waals surface area contributed by atoms with E-state index in [0.717, 1.165) is 11.3 Å². The van der Waals surface area contributed by atoms with Crippen LogP contribution in [-0.4, -0.2) is 22.5 Å². The molecule has 24 heavy (non-hydrogen) atoms. The third-order valence-electron chi connectivity index (χ3n) is 4.16. The van der Waals surface area contributed by atoms with Gasteiger partial charge in [-0.25, -0.2) is 4.98 Å². The lowest BCUT2D eigenvalue weighted by Crippen LogP contribution is -2.32. The molecule has 0 radical (unpaired) electrons. The summed E-state index contributed by atoms with van der Waals surface area (Å²) in [5.74, 6) is 0.779. The second kappa shape index (κ2) is 5.52. The lowest BCUT2D eigenvalue weighted by Gasteiger charge is -2.26. The van der Waals surface area contributed by atoms with Crippen molar-refractivity contribution in [2.75, 3.05) is 6.61 Å². The number of fused-ring (bicyclic) bond motifs is 2. The highest BCUT2D eigenvalue weighted by Gasteiger charge is 2.27. The van der Waals surface area contributed by atoms with Gasteiger partial charge in [0.15, 0.2) is 0 Å². The second-order valence-corrected chi connectivity index (χ2v) is 5.65. The number of H-pyrrole nitrogens is 1. The number of nitrogens with one attached hydrogen (secondary N) is 2. The third-order valence-corrected chi connectivity index (χ3v) is 4.16. The van der Waals surface area contributed by atoms with E-state index >= 15 is 0 Å². The van der Waals surface area contributed by atoms with Crippen LogP contribution in [0.1, 0.15) is 34.1 Å². The summed E-state index contributed by atoms with van der Waals surface area (Å²) in [5, 5.41) is 3.15. The van der Waals surface area contributed by atoms with Crippen LogP contribution in [0.15, 0.2) is 39.8 Å². The maximum atomic E-state index is 12.8. The molecule has 0 saturated heterocycles. The van der Waals surface area contributed by atoms with Crippen molar-refractivity contribution in [2.45, 2.75) is 19.4 Å². The van der Waals surface area contributed by atoms with Crippen LogP contribution in [0.4, 0.5) is 0 Å². The van der Waals surface area contributed by atoms with Crippen molar-refractivity contribution in [3.8, 4) is 5.75 Å². The van der Waals surface area contributed by atoms with Crippen molar-refractivity contribution in [3.63, 3.8) is 0 Å². The van der Waals surface area contributed by atoms with Gasteiger partial charge in [0, 0.05) is 12.0 Å². The van der Waals surface area contributed by atoms with E-state index in [1.54, 1.807) is 6.92 Å². The number of aromatic amines is 1. The van der Waals surface area contributed by atoms with Gasteiger partial charge in [0.2, 0.25) is 5.71 Å². The molecule has 3 heterocycles. The molecule has 0 aliphatic carbocycles. The Morgan fingerprint density at radius 2 is 2.21 bits per heavy atom. The van der Waals surface area contributed by atoms with Gasteiger partial charge in [-0.3, -0.25) is 9.59 Å². The molecule has 2 aromatic heterocycles. The van der Waals surface area contributed by atoms with Crippen LogP contribution in [-0.2, 0) is 0 Å². The van der Waals surface area contributed by atoms with Crippen LogP contribution in [0, 0.1) is 6.92 Å². The summed E-state index contributed by atoms with van der Waals surface area (Å²) < 4.78 is 11.0. The molecule has 3 aromatic rings. The SMILES string of the molecule is Cc1oc2nc[nH]c(=O)c2c1C(=O)N[C@H]1CCOc2ccccc21. The molecule has 1 atom stereocenters. The number of benzene rings is 1. The summed E-state index contributed by atoms with van der Waals surface area (Å²) >= 11 is 0. The maximum Gasteiger partial charge on any atom is 0.262 e. The number of hydrogen-bond acceptors (Lipinski definition) is 5. The molecule has 7 heteroatoms.